The van der Waals surface area contributed by atoms with E-state index < -0.39 is 23.2 Å². The van der Waals surface area contributed by atoms with Crippen molar-refractivity contribution in [3.05, 3.63) is 35.4 Å². The van der Waals surface area contributed by atoms with Crippen molar-refractivity contribution >= 4 is 5.91 Å². The highest BCUT2D eigenvalue weighted by Gasteiger charge is 2.46. The fraction of sp³-hybridized carbons (Fsp3) is 0.562. The number of aliphatic hydroxyl groups excluding tert-OH is 1. The van der Waals surface area contributed by atoms with Gasteiger partial charge in [-0.1, -0.05) is 19.9 Å². The van der Waals surface area contributed by atoms with Crippen molar-refractivity contribution in [2.75, 3.05) is 6.54 Å². The van der Waals surface area contributed by atoms with Gasteiger partial charge in [0.05, 0.1) is 12.5 Å². The van der Waals surface area contributed by atoms with Crippen LogP contribution in [0.15, 0.2) is 18.2 Å². The van der Waals surface area contributed by atoms with Crippen molar-refractivity contribution in [3.63, 3.8) is 0 Å². The van der Waals surface area contributed by atoms with Gasteiger partial charge in [0.1, 0.15) is 11.6 Å². The summed E-state index contributed by atoms with van der Waals surface area (Å²) in [5.41, 5.74) is 0.0320. The van der Waals surface area contributed by atoms with Crippen LogP contribution in [0, 0.1) is 17.6 Å². The number of nitrogens with one attached hydrogen (secondary N) is 1. The van der Waals surface area contributed by atoms with Crippen LogP contribution >= 0.6 is 0 Å². The zero-order valence-corrected chi connectivity index (χ0v) is 12.3. The molecule has 1 amide bonds. The molecular weight excluding hydrogens is 276 g/mol. The van der Waals surface area contributed by atoms with E-state index in [4.69, 9.17) is 0 Å². The van der Waals surface area contributed by atoms with Gasteiger partial charge in [0.2, 0.25) is 5.91 Å². The van der Waals surface area contributed by atoms with E-state index in [1.807, 2.05) is 13.8 Å². The van der Waals surface area contributed by atoms with E-state index in [0.717, 1.165) is 18.9 Å². The Kier molecular flexibility index (Phi) is 4.61. The van der Waals surface area contributed by atoms with E-state index in [0.29, 0.717) is 12.1 Å². The summed E-state index contributed by atoms with van der Waals surface area (Å²) in [6, 6.07) is 3.56. The third kappa shape index (κ3) is 3.79. The molecule has 0 radical (unpaired) electrons. The van der Waals surface area contributed by atoms with Crippen LogP contribution in [-0.2, 0) is 10.2 Å². The van der Waals surface area contributed by atoms with Crippen LogP contribution in [-0.4, -0.2) is 23.7 Å². The Morgan fingerprint density at radius 1 is 1.38 bits per heavy atom. The molecule has 1 saturated carbocycles. The molecule has 116 valence electrons. The van der Waals surface area contributed by atoms with Crippen molar-refractivity contribution in [1.82, 2.24) is 5.32 Å². The quantitative estimate of drug-likeness (QED) is 0.847. The zero-order chi connectivity index (χ0) is 15.6. The van der Waals surface area contributed by atoms with Crippen molar-refractivity contribution in [2.45, 2.75) is 44.6 Å². The van der Waals surface area contributed by atoms with Gasteiger partial charge < -0.3 is 10.4 Å². The predicted octanol–water partition coefficient (Wildman–Crippen LogP) is 2.52. The molecule has 3 nitrogen and oxygen atoms in total. The third-order valence-electron chi connectivity index (χ3n) is 4.14. The summed E-state index contributed by atoms with van der Waals surface area (Å²) in [4.78, 5) is 11.8. The lowest BCUT2D eigenvalue weighted by Gasteiger charge is -2.19. The van der Waals surface area contributed by atoms with E-state index in [-0.39, 0.29) is 18.2 Å². The van der Waals surface area contributed by atoms with Gasteiger partial charge in [0.15, 0.2) is 0 Å². The Hall–Kier alpha value is -1.49. The van der Waals surface area contributed by atoms with Gasteiger partial charge in [0.25, 0.3) is 0 Å². The van der Waals surface area contributed by atoms with Gasteiger partial charge in [-0.05, 0) is 30.4 Å². The van der Waals surface area contributed by atoms with Gasteiger partial charge in [0, 0.05) is 18.0 Å². The standard InChI is InChI=1S/C16H21F2NO2/c1-10(2)14(20)8-15(21)19-9-16(5-6-16)12-4-3-11(17)7-13(12)18/h3-4,7,10,14,20H,5-6,8-9H2,1-2H3,(H,19,21)/t14-/m0/s1. The smallest absolute Gasteiger partial charge is 0.222 e. The second-order valence-corrected chi connectivity index (χ2v) is 6.20. The minimum atomic E-state index is -0.678. The highest BCUT2D eigenvalue weighted by molar-refractivity contribution is 5.76. The number of carbonyl (C=O) groups is 1. The Bertz CT molecular complexity index is 527. The molecule has 0 saturated heterocycles. The van der Waals surface area contributed by atoms with Gasteiger partial charge in [-0.2, -0.15) is 0 Å². The number of amides is 1. The molecule has 1 fully saturated rings. The summed E-state index contributed by atoms with van der Waals surface area (Å²) in [7, 11) is 0. The monoisotopic (exact) mass is 297 g/mol. The molecule has 0 spiro atoms. The topological polar surface area (TPSA) is 49.3 Å². The van der Waals surface area contributed by atoms with Crippen molar-refractivity contribution in [1.29, 1.82) is 0 Å². The molecule has 1 aromatic rings. The molecule has 0 aromatic heterocycles. The summed E-state index contributed by atoms with van der Waals surface area (Å²) < 4.78 is 26.8. The minimum absolute atomic E-state index is 0.0141. The lowest BCUT2D eigenvalue weighted by molar-refractivity contribution is -0.123. The average Bonchev–Trinajstić information content (AvgIpc) is 3.17. The fourth-order valence-corrected chi connectivity index (χ4v) is 2.38. The number of rotatable bonds is 6. The van der Waals surface area contributed by atoms with Crippen LogP contribution in [0.5, 0.6) is 0 Å². The van der Waals surface area contributed by atoms with Gasteiger partial charge in [-0.25, -0.2) is 8.78 Å². The third-order valence-corrected chi connectivity index (χ3v) is 4.14. The molecule has 0 heterocycles. The molecule has 1 aliphatic carbocycles. The number of aliphatic hydroxyl groups is 1. The molecule has 2 N–H and O–H groups in total. The molecule has 0 bridgehead atoms. The second-order valence-electron chi connectivity index (χ2n) is 6.20. The molecule has 1 atom stereocenters. The molecule has 1 aliphatic rings. The van der Waals surface area contributed by atoms with Crippen LogP contribution in [0.4, 0.5) is 8.78 Å². The summed E-state index contributed by atoms with van der Waals surface area (Å²) in [6.45, 7) is 4.00. The first-order valence-corrected chi connectivity index (χ1v) is 7.24. The van der Waals surface area contributed by atoms with E-state index in [9.17, 15) is 18.7 Å². The molecule has 5 heteroatoms. The zero-order valence-electron chi connectivity index (χ0n) is 12.3. The van der Waals surface area contributed by atoms with Crippen molar-refractivity contribution < 1.29 is 18.7 Å². The maximum Gasteiger partial charge on any atom is 0.222 e. The van der Waals surface area contributed by atoms with Crippen molar-refractivity contribution in [3.8, 4) is 0 Å². The summed E-state index contributed by atoms with van der Waals surface area (Å²) in [5, 5.41) is 12.4. The first kappa shape index (κ1) is 15.9. The number of halogens is 2. The Labute approximate surface area is 123 Å². The van der Waals surface area contributed by atoms with Gasteiger partial charge in [-0.15, -0.1) is 0 Å². The normalized spacial score (nSPS) is 17.6. The number of hydrogen-bond donors (Lipinski definition) is 2. The number of carbonyl (C=O) groups excluding carboxylic acids is 1. The first-order chi connectivity index (χ1) is 9.84. The van der Waals surface area contributed by atoms with E-state index in [1.165, 1.54) is 12.1 Å². The second kappa shape index (κ2) is 6.10. The molecule has 1 aromatic carbocycles. The Morgan fingerprint density at radius 3 is 2.57 bits per heavy atom. The predicted molar refractivity (Wildman–Crippen MR) is 75.7 cm³/mol. The van der Waals surface area contributed by atoms with Crippen LogP contribution in [0.1, 0.15) is 38.7 Å². The van der Waals surface area contributed by atoms with Gasteiger partial charge in [-0.3, -0.25) is 4.79 Å². The molecule has 21 heavy (non-hydrogen) atoms. The highest BCUT2D eigenvalue weighted by Crippen LogP contribution is 2.48. The minimum Gasteiger partial charge on any atom is -0.392 e. The Balaban J connectivity index is 1.95. The first-order valence-electron chi connectivity index (χ1n) is 7.24. The molecule has 0 aliphatic heterocycles. The number of hydrogen-bond acceptors (Lipinski definition) is 2. The van der Waals surface area contributed by atoms with Crippen LogP contribution in [0.3, 0.4) is 0 Å². The van der Waals surface area contributed by atoms with E-state index >= 15 is 0 Å². The SMILES string of the molecule is CC(C)[C@@H](O)CC(=O)NCC1(c2ccc(F)cc2F)CC1. The molecular formula is C16H21F2NO2. The van der Waals surface area contributed by atoms with Crippen LogP contribution in [0.2, 0.25) is 0 Å². The van der Waals surface area contributed by atoms with E-state index in [1.54, 1.807) is 0 Å². The lowest BCUT2D eigenvalue weighted by atomic mass is 9.95. The summed E-state index contributed by atoms with van der Waals surface area (Å²) in [5.74, 6) is -1.40. The summed E-state index contributed by atoms with van der Waals surface area (Å²) >= 11 is 0. The van der Waals surface area contributed by atoms with Crippen LogP contribution in [0.25, 0.3) is 0 Å². The maximum absolute atomic E-state index is 13.8. The van der Waals surface area contributed by atoms with E-state index in [2.05, 4.69) is 5.32 Å². The highest BCUT2D eigenvalue weighted by atomic mass is 19.1. The number of benzene rings is 1. The average molecular weight is 297 g/mol. The fourth-order valence-electron chi connectivity index (χ4n) is 2.38. The largest absolute Gasteiger partial charge is 0.392 e. The summed E-state index contributed by atoms with van der Waals surface area (Å²) in [6.07, 6.45) is 0.896. The molecule has 2 rings (SSSR count). The molecule has 0 unspecified atom stereocenters. The van der Waals surface area contributed by atoms with Gasteiger partial charge >= 0.3 is 0 Å². The van der Waals surface area contributed by atoms with Crippen LogP contribution < -0.4 is 5.32 Å². The lowest BCUT2D eigenvalue weighted by Crippen LogP contribution is -2.35. The van der Waals surface area contributed by atoms with Crippen molar-refractivity contribution in [2.24, 2.45) is 5.92 Å². The maximum atomic E-state index is 13.8. The Morgan fingerprint density at radius 2 is 2.05 bits per heavy atom.